The summed E-state index contributed by atoms with van der Waals surface area (Å²) in [7, 11) is 0. The Hall–Kier alpha value is -2.62. The second-order valence-corrected chi connectivity index (χ2v) is 9.21. The van der Waals surface area contributed by atoms with Crippen molar-refractivity contribution in [3.05, 3.63) is 64.1 Å². The molecule has 0 unspecified atom stereocenters. The van der Waals surface area contributed by atoms with Crippen molar-refractivity contribution >= 4 is 44.2 Å². The number of piperazine rings is 1. The molecule has 0 saturated carbocycles. The van der Waals surface area contributed by atoms with E-state index in [2.05, 4.69) is 31.4 Å². The molecule has 9 heteroatoms. The third-order valence-electron chi connectivity index (χ3n) is 5.07. The minimum Gasteiger partial charge on any atom is -0.336 e. The molecule has 1 aliphatic heterocycles. The summed E-state index contributed by atoms with van der Waals surface area (Å²) in [6.45, 7) is 4.76. The first-order valence-electron chi connectivity index (χ1n) is 9.96. The number of aryl methyl sites for hydroxylation is 1. The zero-order valence-corrected chi connectivity index (χ0v) is 19.4. The predicted molar refractivity (Wildman–Crippen MR) is 125 cm³/mol. The molecule has 0 radical (unpaired) electrons. The maximum Gasteiger partial charge on any atom is 0.255 e. The molecule has 7 nitrogen and oxygen atoms in total. The van der Waals surface area contributed by atoms with Crippen LogP contribution in [0, 0.1) is 6.92 Å². The molecule has 2 aromatic carbocycles. The number of nitrogens with zero attached hydrogens (tertiary/aromatic N) is 4. The molecule has 4 rings (SSSR count). The lowest BCUT2D eigenvalue weighted by molar-refractivity contribution is -0.117. The van der Waals surface area contributed by atoms with Crippen LogP contribution in [-0.4, -0.2) is 64.5 Å². The van der Waals surface area contributed by atoms with Gasteiger partial charge in [0.05, 0.1) is 12.1 Å². The van der Waals surface area contributed by atoms with Gasteiger partial charge in [-0.1, -0.05) is 47.2 Å². The van der Waals surface area contributed by atoms with Crippen molar-refractivity contribution in [3.63, 3.8) is 0 Å². The van der Waals surface area contributed by atoms with Crippen molar-refractivity contribution in [1.82, 2.24) is 20.0 Å². The van der Waals surface area contributed by atoms with E-state index in [4.69, 9.17) is 0 Å². The van der Waals surface area contributed by atoms with Gasteiger partial charge in [-0.2, -0.15) is 0 Å². The Morgan fingerprint density at radius 2 is 1.84 bits per heavy atom. The van der Waals surface area contributed by atoms with Crippen LogP contribution in [-0.2, 0) is 4.79 Å². The fourth-order valence-corrected chi connectivity index (χ4v) is 4.65. The van der Waals surface area contributed by atoms with Crippen LogP contribution in [0.2, 0.25) is 0 Å². The Labute approximate surface area is 193 Å². The topological polar surface area (TPSA) is 78.4 Å². The van der Waals surface area contributed by atoms with E-state index in [0.29, 0.717) is 36.9 Å². The molecule has 1 aromatic heterocycles. The number of rotatable bonds is 5. The van der Waals surface area contributed by atoms with Crippen LogP contribution in [0.3, 0.4) is 0 Å². The maximum absolute atomic E-state index is 12.7. The minimum atomic E-state index is -0.127. The van der Waals surface area contributed by atoms with E-state index in [9.17, 15) is 9.59 Å². The Balaban J connectivity index is 1.28. The molecule has 0 spiro atoms. The van der Waals surface area contributed by atoms with Crippen molar-refractivity contribution in [2.45, 2.75) is 6.92 Å². The van der Waals surface area contributed by atoms with E-state index >= 15 is 0 Å². The van der Waals surface area contributed by atoms with Gasteiger partial charge in [-0.3, -0.25) is 19.8 Å². The third kappa shape index (κ3) is 5.36. The Morgan fingerprint density at radius 3 is 2.58 bits per heavy atom. The van der Waals surface area contributed by atoms with Crippen LogP contribution in [0.4, 0.5) is 5.13 Å². The van der Waals surface area contributed by atoms with Crippen molar-refractivity contribution in [2.24, 2.45) is 0 Å². The average molecular weight is 500 g/mol. The van der Waals surface area contributed by atoms with Gasteiger partial charge in [-0.15, -0.1) is 10.2 Å². The lowest BCUT2D eigenvalue weighted by atomic mass is 10.1. The molecule has 160 valence electrons. The molecule has 3 aromatic rings. The number of benzene rings is 2. The van der Waals surface area contributed by atoms with Crippen LogP contribution in [0.5, 0.6) is 0 Å². The van der Waals surface area contributed by atoms with Gasteiger partial charge in [0.15, 0.2) is 0 Å². The number of anilines is 1. The smallest absolute Gasteiger partial charge is 0.255 e. The fourth-order valence-electron chi connectivity index (χ4n) is 3.44. The number of carbonyl (C=O) groups excluding carboxylic acids is 2. The Kier molecular flexibility index (Phi) is 6.74. The minimum absolute atomic E-state index is 0.00844. The summed E-state index contributed by atoms with van der Waals surface area (Å²) >= 11 is 4.80. The molecule has 1 fully saturated rings. The third-order valence-corrected chi connectivity index (χ3v) is 6.65. The van der Waals surface area contributed by atoms with E-state index < -0.39 is 0 Å². The van der Waals surface area contributed by atoms with Gasteiger partial charge in [0.1, 0.15) is 5.01 Å². The van der Waals surface area contributed by atoms with Crippen molar-refractivity contribution in [1.29, 1.82) is 0 Å². The zero-order valence-electron chi connectivity index (χ0n) is 17.0. The van der Waals surface area contributed by atoms with Gasteiger partial charge in [-0.25, -0.2) is 0 Å². The number of nitrogens with one attached hydrogen (secondary N) is 1. The average Bonchev–Trinajstić information content (AvgIpc) is 3.22. The lowest BCUT2D eigenvalue weighted by Crippen LogP contribution is -2.50. The highest BCUT2D eigenvalue weighted by atomic mass is 79.9. The molecule has 1 saturated heterocycles. The zero-order chi connectivity index (χ0) is 21.8. The van der Waals surface area contributed by atoms with Crippen LogP contribution in [0.15, 0.2) is 53.0 Å². The van der Waals surface area contributed by atoms with Crippen LogP contribution in [0.25, 0.3) is 10.6 Å². The lowest BCUT2D eigenvalue weighted by Gasteiger charge is -2.34. The number of halogens is 1. The SMILES string of the molecule is Cc1cccc(-c2nnc(NC(=O)CN3CCN(C(=O)c4ccccc4Br)CC3)s2)c1. The number of hydrogen-bond donors (Lipinski definition) is 1. The van der Waals surface area contributed by atoms with E-state index in [1.54, 1.807) is 0 Å². The molecule has 0 aliphatic carbocycles. The van der Waals surface area contributed by atoms with Crippen LogP contribution >= 0.6 is 27.3 Å². The molecule has 0 atom stereocenters. The molecule has 2 amide bonds. The second kappa shape index (κ2) is 9.67. The first-order chi connectivity index (χ1) is 15.0. The highest BCUT2D eigenvalue weighted by molar-refractivity contribution is 9.10. The van der Waals surface area contributed by atoms with E-state index in [1.807, 2.05) is 65.3 Å². The first-order valence-corrected chi connectivity index (χ1v) is 11.6. The summed E-state index contributed by atoms with van der Waals surface area (Å²) in [5.74, 6) is -0.119. The van der Waals surface area contributed by atoms with Crippen molar-refractivity contribution in [3.8, 4) is 10.6 Å². The quantitative estimate of drug-likeness (QED) is 0.579. The normalized spacial score (nSPS) is 14.5. The molecule has 1 aliphatic rings. The molecule has 0 bridgehead atoms. The van der Waals surface area contributed by atoms with Crippen LogP contribution in [0.1, 0.15) is 15.9 Å². The standard InChI is InChI=1S/C22H22BrN5O2S/c1-15-5-4-6-16(13-15)20-25-26-22(31-20)24-19(29)14-27-9-11-28(12-10-27)21(30)17-7-2-3-8-18(17)23/h2-8,13H,9-12,14H2,1H3,(H,24,26,29). The number of carbonyl (C=O) groups is 2. The van der Waals surface area contributed by atoms with Crippen molar-refractivity contribution < 1.29 is 9.59 Å². The second-order valence-electron chi connectivity index (χ2n) is 7.38. The van der Waals surface area contributed by atoms with Gasteiger partial charge < -0.3 is 4.90 Å². The molecular weight excluding hydrogens is 478 g/mol. The summed E-state index contributed by atoms with van der Waals surface area (Å²) in [4.78, 5) is 29.0. The molecule has 31 heavy (non-hydrogen) atoms. The molecule has 1 N–H and O–H groups in total. The highest BCUT2D eigenvalue weighted by Crippen LogP contribution is 2.26. The Bertz CT molecular complexity index is 1090. The summed E-state index contributed by atoms with van der Waals surface area (Å²) in [5, 5.41) is 12.4. The monoisotopic (exact) mass is 499 g/mol. The van der Waals surface area contributed by atoms with Crippen LogP contribution < -0.4 is 5.32 Å². The van der Waals surface area contributed by atoms with Gasteiger partial charge in [0.25, 0.3) is 5.91 Å². The van der Waals surface area contributed by atoms with Gasteiger partial charge in [0, 0.05) is 36.2 Å². The summed E-state index contributed by atoms with van der Waals surface area (Å²) in [5.41, 5.74) is 2.80. The fraction of sp³-hybridized carbons (Fsp3) is 0.273. The summed E-state index contributed by atoms with van der Waals surface area (Å²) in [6, 6.07) is 15.5. The number of aromatic nitrogens is 2. The first kappa shape index (κ1) is 21.6. The van der Waals surface area contributed by atoms with Gasteiger partial charge in [0.2, 0.25) is 11.0 Å². The van der Waals surface area contributed by atoms with Crippen molar-refractivity contribution in [2.75, 3.05) is 38.0 Å². The van der Waals surface area contributed by atoms with E-state index in [-0.39, 0.29) is 18.4 Å². The molecular formula is C22H22BrN5O2S. The van der Waals surface area contributed by atoms with E-state index in [1.165, 1.54) is 11.3 Å². The Morgan fingerprint density at radius 1 is 1.06 bits per heavy atom. The predicted octanol–water partition coefficient (Wildman–Crippen LogP) is 3.67. The van der Waals surface area contributed by atoms with Gasteiger partial charge >= 0.3 is 0 Å². The van der Waals surface area contributed by atoms with E-state index in [0.717, 1.165) is 20.6 Å². The number of hydrogen-bond acceptors (Lipinski definition) is 6. The van der Waals surface area contributed by atoms with Gasteiger partial charge in [-0.05, 0) is 41.1 Å². The highest BCUT2D eigenvalue weighted by Gasteiger charge is 2.24. The molecule has 2 heterocycles. The number of amides is 2. The summed E-state index contributed by atoms with van der Waals surface area (Å²) < 4.78 is 0.795. The maximum atomic E-state index is 12.7. The summed E-state index contributed by atoms with van der Waals surface area (Å²) in [6.07, 6.45) is 0. The largest absolute Gasteiger partial charge is 0.336 e.